The van der Waals surface area contributed by atoms with Gasteiger partial charge in [0.05, 0.1) is 6.10 Å². The molecule has 0 radical (unpaired) electrons. The highest BCUT2D eigenvalue weighted by Crippen LogP contribution is 2.22. The van der Waals surface area contributed by atoms with E-state index in [2.05, 4.69) is 0 Å². The monoisotopic (exact) mass is 248 g/mol. The molecule has 0 aliphatic carbocycles. The number of piperidine rings is 1. The molecule has 1 heterocycles. The molecular weight excluding hydrogens is 228 g/mol. The minimum absolute atomic E-state index is 0.118. The van der Waals surface area contributed by atoms with Crippen LogP contribution in [-0.4, -0.2) is 35.1 Å². The van der Waals surface area contributed by atoms with Crippen LogP contribution in [0.4, 0.5) is 0 Å². The molecule has 1 aromatic rings. The molecule has 2 atom stereocenters. The van der Waals surface area contributed by atoms with Gasteiger partial charge < -0.3 is 15.7 Å². The van der Waals surface area contributed by atoms with E-state index in [0.717, 1.165) is 18.4 Å². The summed E-state index contributed by atoms with van der Waals surface area (Å²) in [5.41, 5.74) is 5.96. The Hall–Kier alpha value is -1.39. The standard InChI is InChI=1S/C14H20N2O2/c1-14(15,11-6-3-2-4-7-11)13(18)16-9-5-8-12(17)10-16/h2-4,6-7,12,17H,5,8-10,15H2,1H3. The first-order chi connectivity index (χ1) is 8.51. The van der Waals surface area contributed by atoms with Crippen LogP contribution in [0.1, 0.15) is 25.3 Å². The quantitative estimate of drug-likeness (QED) is 0.815. The number of nitrogens with zero attached hydrogens (tertiary/aromatic N) is 1. The summed E-state index contributed by atoms with van der Waals surface area (Å²) in [6.45, 7) is 2.79. The van der Waals surface area contributed by atoms with Crippen molar-refractivity contribution in [2.75, 3.05) is 13.1 Å². The number of benzene rings is 1. The van der Waals surface area contributed by atoms with E-state index in [1.165, 1.54) is 0 Å². The van der Waals surface area contributed by atoms with Crippen molar-refractivity contribution in [3.8, 4) is 0 Å². The van der Waals surface area contributed by atoms with Crippen molar-refractivity contribution >= 4 is 5.91 Å². The van der Waals surface area contributed by atoms with E-state index >= 15 is 0 Å². The summed E-state index contributed by atoms with van der Waals surface area (Å²) < 4.78 is 0. The average molecular weight is 248 g/mol. The predicted molar refractivity (Wildman–Crippen MR) is 69.8 cm³/mol. The zero-order chi connectivity index (χ0) is 13.2. The van der Waals surface area contributed by atoms with Crippen LogP contribution < -0.4 is 5.73 Å². The number of likely N-dealkylation sites (tertiary alicyclic amines) is 1. The van der Waals surface area contributed by atoms with Crippen molar-refractivity contribution < 1.29 is 9.90 Å². The number of carbonyl (C=O) groups excluding carboxylic acids is 1. The Morgan fingerprint density at radius 1 is 1.44 bits per heavy atom. The first kappa shape index (κ1) is 13.1. The van der Waals surface area contributed by atoms with Crippen molar-refractivity contribution in [1.82, 2.24) is 4.90 Å². The molecule has 1 saturated heterocycles. The lowest BCUT2D eigenvalue weighted by Gasteiger charge is -2.36. The van der Waals surface area contributed by atoms with Gasteiger partial charge in [-0.25, -0.2) is 0 Å². The lowest BCUT2D eigenvalue weighted by Crippen LogP contribution is -2.54. The number of β-amino-alcohol motifs (C(OH)–C–C–N with tert-alkyl or cyclic N) is 1. The summed E-state index contributed by atoms with van der Waals surface area (Å²) in [4.78, 5) is 14.1. The molecule has 0 saturated carbocycles. The normalized spacial score (nSPS) is 23.5. The number of amides is 1. The Balaban J connectivity index is 2.17. The van der Waals surface area contributed by atoms with Crippen LogP contribution in [0.25, 0.3) is 0 Å². The second-order valence-corrected chi connectivity index (χ2v) is 5.12. The fourth-order valence-corrected chi connectivity index (χ4v) is 2.38. The molecule has 98 valence electrons. The van der Waals surface area contributed by atoms with Crippen molar-refractivity contribution in [3.63, 3.8) is 0 Å². The molecule has 0 spiro atoms. The SMILES string of the molecule is CC(N)(C(=O)N1CCCC(O)C1)c1ccccc1. The molecule has 0 bridgehead atoms. The molecule has 1 aromatic carbocycles. The zero-order valence-electron chi connectivity index (χ0n) is 10.7. The topological polar surface area (TPSA) is 66.6 Å². The predicted octanol–water partition coefficient (Wildman–Crippen LogP) is 0.844. The van der Waals surface area contributed by atoms with E-state index in [1.807, 2.05) is 30.3 Å². The van der Waals surface area contributed by atoms with Gasteiger partial charge >= 0.3 is 0 Å². The Morgan fingerprint density at radius 3 is 2.72 bits per heavy atom. The maximum atomic E-state index is 12.5. The van der Waals surface area contributed by atoms with E-state index < -0.39 is 11.6 Å². The maximum Gasteiger partial charge on any atom is 0.247 e. The van der Waals surface area contributed by atoms with Crippen molar-refractivity contribution in [2.24, 2.45) is 5.73 Å². The van der Waals surface area contributed by atoms with Gasteiger partial charge in [0.25, 0.3) is 0 Å². The molecule has 0 aromatic heterocycles. The molecule has 3 N–H and O–H groups in total. The van der Waals surface area contributed by atoms with Crippen LogP contribution in [0.2, 0.25) is 0 Å². The third kappa shape index (κ3) is 2.54. The summed E-state index contributed by atoms with van der Waals surface area (Å²) in [5.74, 6) is -0.118. The highest BCUT2D eigenvalue weighted by Gasteiger charge is 2.36. The molecular formula is C14H20N2O2. The number of nitrogens with two attached hydrogens (primary N) is 1. The highest BCUT2D eigenvalue weighted by molar-refractivity contribution is 5.87. The number of hydrogen-bond acceptors (Lipinski definition) is 3. The summed E-state index contributed by atoms with van der Waals surface area (Å²) in [6, 6.07) is 9.36. The number of rotatable bonds is 2. The van der Waals surface area contributed by atoms with Crippen LogP contribution in [0.15, 0.2) is 30.3 Å². The van der Waals surface area contributed by atoms with Crippen LogP contribution in [0.5, 0.6) is 0 Å². The van der Waals surface area contributed by atoms with Gasteiger partial charge in [0.15, 0.2) is 0 Å². The van der Waals surface area contributed by atoms with E-state index in [1.54, 1.807) is 11.8 Å². The summed E-state index contributed by atoms with van der Waals surface area (Å²) in [7, 11) is 0. The fourth-order valence-electron chi connectivity index (χ4n) is 2.38. The minimum Gasteiger partial charge on any atom is -0.391 e. The Bertz CT molecular complexity index is 417. The van der Waals surface area contributed by atoms with Gasteiger partial charge in [-0.1, -0.05) is 30.3 Å². The smallest absolute Gasteiger partial charge is 0.247 e. The van der Waals surface area contributed by atoms with Gasteiger partial charge in [-0.2, -0.15) is 0 Å². The van der Waals surface area contributed by atoms with Gasteiger partial charge in [-0.15, -0.1) is 0 Å². The number of hydrogen-bond donors (Lipinski definition) is 2. The van der Waals surface area contributed by atoms with Crippen molar-refractivity contribution in [3.05, 3.63) is 35.9 Å². The Kier molecular flexibility index (Phi) is 3.68. The highest BCUT2D eigenvalue weighted by atomic mass is 16.3. The molecule has 2 rings (SSSR count). The molecule has 1 aliphatic rings. The number of aliphatic hydroxyl groups is 1. The van der Waals surface area contributed by atoms with Crippen LogP contribution in [0.3, 0.4) is 0 Å². The summed E-state index contributed by atoms with van der Waals surface area (Å²) in [6.07, 6.45) is 1.17. The van der Waals surface area contributed by atoms with Crippen LogP contribution in [0, 0.1) is 0 Å². The van der Waals surface area contributed by atoms with Crippen molar-refractivity contribution in [2.45, 2.75) is 31.4 Å². The second-order valence-electron chi connectivity index (χ2n) is 5.12. The van der Waals surface area contributed by atoms with Crippen molar-refractivity contribution in [1.29, 1.82) is 0 Å². The van der Waals surface area contributed by atoms with E-state index in [4.69, 9.17) is 5.73 Å². The Morgan fingerprint density at radius 2 is 2.11 bits per heavy atom. The third-order valence-corrected chi connectivity index (χ3v) is 3.50. The fraction of sp³-hybridized carbons (Fsp3) is 0.500. The Labute approximate surface area is 107 Å². The minimum atomic E-state index is -1.03. The molecule has 2 unspecified atom stereocenters. The largest absolute Gasteiger partial charge is 0.391 e. The van der Waals surface area contributed by atoms with Gasteiger partial charge in [0.1, 0.15) is 5.54 Å². The first-order valence-corrected chi connectivity index (χ1v) is 6.33. The van der Waals surface area contributed by atoms with Gasteiger partial charge in [0, 0.05) is 13.1 Å². The molecule has 1 aliphatic heterocycles. The molecule has 1 amide bonds. The summed E-state index contributed by atoms with van der Waals surface area (Å²) >= 11 is 0. The van der Waals surface area contributed by atoms with E-state index in [9.17, 15) is 9.90 Å². The first-order valence-electron chi connectivity index (χ1n) is 6.33. The molecule has 4 heteroatoms. The lowest BCUT2D eigenvalue weighted by atomic mass is 9.90. The zero-order valence-corrected chi connectivity index (χ0v) is 10.7. The van der Waals surface area contributed by atoms with Gasteiger partial charge in [-0.05, 0) is 25.3 Å². The average Bonchev–Trinajstić information content (AvgIpc) is 2.39. The van der Waals surface area contributed by atoms with Crippen LogP contribution in [-0.2, 0) is 10.3 Å². The van der Waals surface area contributed by atoms with Gasteiger partial charge in [-0.3, -0.25) is 4.79 Å². The lowest BCUT2D eigenvalue weighted by molar-refractivity contribution is -0.139. The van der Waals surface area contributed by atoms with E-state index in [0.29, 0.717) is 13.1 Å². The maximum absolute atomic E-state index is 12.5. The molecule has 1 fully saturated rings. The number of aliphatic hydroxyl groups excluding tert-OH is 1. The van der Waals surface area contributed by atoms with Gasteiger partial charge in [0.2, 0.25) is 5.91 Å². The van der Waals surface area contributed by atoms with Crippen LogP contribution >= 0.6 is 0 Å². The number of carbonyl (C=O) groups is 1. The molecule has 18 heavy (non-hydrogen) atoms. The summed E-state index contributed by atoms with van der Waals surface area (Å²) in [5, 5.41) is 9.63. The second kappa shape index (κ2) is 5.08. The third-order valence-electron chi connectivity index (χ3n) is 3.50. The van der Waals surface area contributed by atoms with E-state index in [-0.39, 0.29) is 5.91 Å². The molecule has 4 nitrogen and oxygen atoms in total.